The van der Waals surface area contributed by atoms with Gasteiger partial charge < -0.3 is 23.5 Å². The second-order valence-corrected chi connectivity index (χ2v) is 7.66. The molecule has 4 aromatic rings. The Morgan fingerprint density at radius 3 is 1.74 bits per heavy atom. The highest BCUT2D eigenvalue weighted by molar-refractivity contribution is 7.78. The Balaban J connectivity index is 0.000000628. The number of aryl methyl sites for hydroxylation is 1. The van der Waals surface area contributed by atoms with E-state index in [2.05, 4.69) is 29.7 Å². The van der Waals surface area contributed by atoms with E-state index in [4.69, 9.17) is 27.7 Å². The third kappa shape index (κ3) is 4.35. The highest BCUT2D eigenvalue weighted by atomic mass is 32.2. The smallest absolute Gasteiger partial charge is 0.219 e. The van der Waals surface area contributed by atoms with Crippen molar-refractivity contribution < 1.29 is 32.1 Å². The average molecular weight is 445 g/mol. The number of rotatable bonds is 4. The van der Waals surface area contributed by atoms with Gasteiger partial charge in [0.25, 0.3) is 0 Å². The molecule has 0 bridgehead atoms. The Morgan fingerprint density at radius 2 is 1.23 bits per heavy atom. The average Bonchev–Trinajstić information content (AvgIpc) is 2.76. The van der Waals surface area contributed by atoms with Gasteiger partial charge in [-0.25, -0.2) is 4.21 Å². The molecular formula is C23H26NO6S+. The molecule has 0 radical (unpaired) electrons. The summed E-state index contributed by atoms with van der Waals surface area (Å²) >= 11 is -1.61. The molecule has 0 aliphatic carbocycles. The SMILES string of the molecule is COc1cc2cc3c4cc(OC)c(OC)cc4cc[n+]3c(C)c2cc1OC.CS(=O)O. The molecule has 1 atom stereocenters. The molecule has 0 amide bonds. The van der Waals surface area contributed by atoms with E-state index >= 15 is 0 Å². The number of nitrogens with zero attached hydrogens (tertiary/aromatic N) is 1. The first kappa shape index (κ1) is 22.6. The van der Waals surface area contributed by atoms with E-state index in [0.717, 1.165) is 44.3 Å². The third-order valence-corrected chi connectivity index (χ3v) is 5.09. The fourth-order valence-electron chi connectivity index (χ4n) is 3.66. The first-order valence-electron chi connectivity index (χ1n) is 9.42. The van der Waals surface area contributed by atoms with Gasteiger partial charge in [0.05, 0.1) is 39.2 Å². The van der Waals surface area contributed by atoms with Crippen LogP contribution >= 0.6 is 0 Å². The van der Waals surface area contributed by atoms with Crippen LogP contribution in [0.5, 0.6) is 23.0 Å². The molecule has 0 fully saturated rings. The summed E-state index contributed by atoms with van der Waals surface area (Å²) in [7, 11) is 6.61. The number of fused-ring (bicyclic) bond motifs is 4. The molecule has 0 aliphatic rings. The highest BCUT2D eigenvalue weighted by Gasteiger charge is 2.19. The number of hydrogen-bond donors (Lipinski definition) is 1. The molecule has 2 aromatic carbocycles. The number of hydrogen-bond acceptors (Lipinski definition) is 5. The van der Waals surface area contributed by atoms with Crippen molar-refractivity contribution in [3.8, 4) is 23.0 Å². The van der Waals surface area contributed by atoms with Crippen LogP contribution < -0.4 is 23.3 Å². The van der Waals surface area contributed by atoms with Crippen molar-refractivity contribution in [2.75, 3.05) is 34.7 Å². The van der Waals surface area contributed by atoms with Crippen molar-refractivity contribution in [3.05, 3.63) is 48.3 Å². The standard InChI is InChI=1S/C22H22NO4.CH4O2S/c1-13-16-11-21(26-4)20(25-3)10-15(16)8-18-17-12-22(27-5)19(24-2)9-14(17)6-7-23(13)18;1-4(2)3/h6-12H,1-5H3;1H3,(H,2,3)/q+1;. The van der Waals surface area contributed by atoms with Crippen molar-refractivity contribution in [2.24, 2.45) is 0 Å². The topological polar surface area (TPSA) is 78.3 Å². The Kier molecular flexibility index (Phi) is 6.82. The highest BCUT2D eigenvalue weighted by Crippen LogP contribution is 2.36. The number of ether oxygens (including phenoxy) is 4. The maximum absolute atomic E-state index is 9.11. The Labute approximate surface area is 183 Å². The van der Waals surface area contributed by atoms with Crippen molar-refractivity contribution in [2.45, 2.75) is 6.92 Å². The lowest BCUT2D eigenvalue weighted by Gasteiger charge is -2.11. The molecule has 4 rings (SSSR count). The number of methoxy groups -OCH3 is 4. The quantitative estimate of drug-likeness (QED) is 0.223. The molecule has 1 N–H and O–H groups in total. The van der Waals surface area contributed by atoms with Crippen LogP contribution in [0.4, 0.5) is 0 Å². The van der Waals surface area contributed by atoms with Crippen molar-refractivity contribution in [3.63, 3.8) is 0 Å². The van der Waals surface area contributed by atoms with Gasteiger partial charge in [-0.3, -0.25) is 0 Å². The molecule has 2 aromatic heterocycles. The van der Waals surface area contributed by atoms with Crippen LogP contribution in [0.15, 0.2) is 42.6 Å². The van der Waals surface area contributed by atoms with E-state index in [9.17, 15) is 0 Å². The zero-order valence-corrected chi connectivity index (χ0v) is 19.2. The van der Waals surface area contributed by atoms with Gasteiger partial charge >= 0.3 is 0 Å². The van der Waals surface area contributed by atoms with Crippen LogP contribution in [0.3, 0.4) is 0 Å². The van der Waals surface area contributed by atoms with Crippen LogP contribution in [0.1, 0.15) is 5.69 Å². The van der Waals surface area contributed by atoms with Crippen LogP contribution in [-0.4, -0.2) is 43.5 Å². The Bertz CT molecular complexity index is 1280. The summed E-state index contributed by atoms with van der Waals surface area (Å²) in [4.78, 5) is 0. The van der Waals surface area contributed by atoms with Gasteiger partial charge in [0.1, 0.15) is 11.1 Å². The van der Waals surface area contributed by atoms with Crippen molar-refractivity contribution in [1.29, 1.82) is 0 Å². The predicted octanol–water partition coefficient (Wildman–Crippen LogP) is 3.91. The van der Waals surface area contributed by atoms with Gasteiger partial charge in [-0.2, -0.15) is 4.40 Å². The number of benzene rings is 2. The van der Waals surface area contributed by atoms with Crippen LogP contribution in [0.25, 0.3) is 27.1 Å². The molecule has 1 unspecified atom stereocenters. The summed E-state index contributed by atoms with van der Waals surface area (Å²) in [5.41, 5.74) is 2.21. The molecule has 8 heteroatoms. The van der Waals surface area contributed by atoms with Crippen molar-refractivity contribution in [1.82, 2.24) is 0 Å². The maximum atomic E-state index is 9.11. The van der Waals surface area contributed by atoms with E-state index < -0.39 is 11.1 Å². The monoisotopic (exact) mass is 444 g/mol. The molecule has 0 spiro atoms. The van der Waals surface area contributed by atoms with Gasteiger partial charge in [-0.15, -0.1) is 0 Å². The Morgan fingerprint density at radius 1 is 0.774 bits per heavy atom. The minimum absolute atomic E-state index is 0.711. The minimum atomic E-state index is -1.61. The van der Waals surface area contributed by atoms with Crippen LogP contribution in [0, 0.1) is 6.92 Å². The van der Waals surface area contributed by atoms with Crippen LogP contribution in [0.2, 0.25) is 0 Å². The molecule has 7 nitrogen and oxygen atoms in total. The maximum Gasteiger partial charge on any atom is 0.219 e. The van der Waals surface area contributed by atoms with E-state index in [1.54, 1.807) is 28.4 Å². The summed E-state index contributed by atoms with van der Waals surface area (Å²) in [6.45, 7) is 2.10. The molecule has 164 valence electrons. The van der Waals surface area contributed by atoms with Crippen molar-refractivity contribution >= 4 is 38.1 Å². The van der Waals surface area contributed by atoms with E-state index in [1.807, 2.05) is 24.3 Å². The molecule has 2 heterocycles. The van der Waals surface area contributed by atoms with Gasteiger partial charge in [-0.1, -0.05) is 0 Å². The molecule has 0 saturated heterocycles. The fourth-order valence-corrected chi connectivity index (χ4v) is 3.66. The summed E-state index contributed by atoms with van der Waals surface area (Å²) in [5, 5.41) is 4.39. The summed E-state index contributed by atoms with van der Waals surface area (Å²) in [5.74, 6) is 2.87. The number of pyridine rings is 2. The first-order valence-corrected chi connectivity index (χ1v) is 10.9. The second kappa shape index (κ2) is 9.36. The number of aromatic nitrogens is 1. The van der Waals surface area contributed by atoms with E-state index in [1.165, 1.54) is 6.26 Å². The predicted molar refractivity (Wildman–Crippen MR) is 122 cm³/mol. The summed E-state index contributed by atoms with van der Waals surface area (Å²) < 4.78 is 40.7. The zero-order valence-electron chi connectivity index (χ0n) is 18.4. The fraction of sp³-hybridized carbons (Fsp3) is 0.261. The largest absolute Gasteiger partial charge is 0.493 e. The second-order valence-electron chi connectivity index (χ2n) is 6.81. The molecule has 0 saturated carbocycles. The molecular weight excluding hydrogens is 418 g/mol. The summed E-state index contributed by atoms with van der Waals surface area (Å²) in [6.07, 6.45) is 3.27. The zero-order chi connectivity index (χ0) is 22.7. The first-order chi connectivity index (χ1) is 14.8. The summed E-state index contributed by atoms with van der Waals surface area (Å²) in [6, 6.07) is 12.3. The lowest BCUT2D eigenvalue weighted by Crippen LogP contribution is -2.25. The van der Waals surface area contributed by atoms with Crippen LogP contribution in [-0.2, 0) is 11.1 Å². The van der Waals surface area contributed by atoms with Gasteiger partial charge in [-0.05, 0) is 35.0 Å². The van der Waals surface area contributed by atoms with E-state index in [0.29, 0.717) is 11.5 Å². The minimum Gasteiger partial charge on any atom is -0.493 e. The lowest BCUT2D eigenvalue weighted by atomic mass is 10.0. The van der Waals surface area contributed by atoms with Gasteiger partial charge in [0.2, 0.25) is 5.52 Å². The normalized spacial score (nSPS) is 11.7. The van der Waals surface area contributed by atoms with E-state index in [-0.39, 0.29) is 0 Å². The lowest BCUT2D eigenvalue weighted by molar-refractivity contribution is -0.516. The molecule has 31 heavy (non-hydrogen) atoms. The Hall–Kier alpha value is -3.10. The van der Waals surface area contributed by atoms with Gasteiger partial charge in [0, 0.05) is 25.3 Å². The van der Waals surface area contributed by atoms with Gasteiger partial charge in [0.15, 0.2) is 34.9 Å². The molecule has 0 aliphatic heterocycles. The third-order valence-electron chi connectivity index (χ3n) is 5.09.